The van der Waals surface area contributed by atoms with E-state index in [4.69, 9.17) is 14.2 Å². The molecule has 1 aliphatic heterocycles. The minimum Gasteiger partial charge on any atom is -0.497 e. The number of hydrogen-bond acceptors (Lipinski definition) is 5. The second-order valence-corrected chi connectivity index (χ2v) is 5.76. The number of methoxy groups -OCH3 is 2. The van der Waals surface area contributed by atoms with Gasteiger partial charge in [-0.2, -0.15) is 5.10 Å². The van der Waals surface area contributed by atoms with Gasteiger partial charge in [0.05, 0.1) is 26.4 Å². The fourth-order valence-electron chi connectivity index (χ4n) is 2.69. The number of rotatable bonds is 10. The lowest BCUT2D eigenvalue weighted by atomic mass is 10.2. The van der Waals surface area contributed by atoms with Crippen molar-refractivity contribution < 1.29 is 14.2 Å². The molecular weight excluding hydrogens is 292 g/mol. The van der Waals surface area contributed by atoms with Crippen LogP contribution in [0.4, 0.5) is 0 Å². The Hall–Kier alpha value is -1.59. The second kappa shape index (κ2) is 10.2. The zero-order valence-electron chi connectivity index (χ0n) is 14.2. The Balaban J connectivity index is 1.55. The number of hydrogen-bond donors (Lipinski definition) is 0. The van der Waals surface area contributed by atoms with Gasteiger partial charge in [-0.3, -0.25) is 5.01 Å². The first-order valence-electron chi connectivity index (χ1n) is 8.32. The Bertz CT molecular complexity index is 462. The molecular formula is C18H28N2O3. The predicted molar refractivity (Wildman–Crippen MR) is 92.0 cm³/mol. The summed E-state index contributed by atoms with van der Waals surface area (Å²) in [5.74, 6) is 0.874. The van der Waals surface area contributed by atoms with Crippen molar-refractivity contribution in [3.05, 3.63) is 29.8 Å². The maximum absolute atomic E-state index is 5.69. The summed E-state index contributed by atoms with van der Waals surface area (Å²) in [6, 6.07) is 8.42. The zero-order valence-corrected chi connectivity index (χ0v) is 14.2. The van der Waals surface area contributed by atoms with Gasteiger partial charge in [-0.05, 0) is 43.4 Å². The zero-order chi connectivity index (χ0) is 16.3. The first-order valence-corrected chi connectivity index (χ1v) is 8.32. The molecule has 1 fully saturated rings. The largest absolute Gasteiger partial charge is 0.497 e. The molecule has 0 aliphatic carbocycles. The average molecular weight is 320 g/mol. The molecule has 0 saturated carbocycles. The smallest absolute Gasteiger partial charge is 0.118 e. The molecule has 0 unspecified atom stereocenters. The van der Waals surface area contributed by atoms with Crippen molar-refractivity contribution in [1.29, 1.82) is 0 Å². The lowest BCUT2D eigenvalue weighted by Gasteiger charge is -2.20. The monoisotopic (exact) mass is 320 g/mol. The Labute approximate surface area is 139 Å². The maximum Gasteiger partial charge on any atom is 0.118 e. The predicted octanol–water partition coefficient (Wildman–Crippen LogP) is 3.09. The molecule has 0 N–H and O–H groups in total. The molecule has 1 saturated heterocycles. The van der Waals surface area contributed by atoms with E-state index in [2.05, 4.69) is 10.1 Å². The molecule has 0 spiro atoms. The summed E-state index contributed by atoms with van der Waals surface area (Å²) in [6.45, 7) is 3.20. The van der Waals surface area contributed by atoms with Crippen molar-refractivity contribution in [2.24, 2.45) is 5.10 Å². The number of hydrazone groups is 1. The molecule has 0 amide bonds. The van der Waals surface area contributed by atoms with Crippen LogP contribution in [0.5, 0.6) is 5.75 Å². The second-order valence-electron chi connectivity index (χ2n) is 5.76. The van der Waals surface area contributed by atoms with E-state index in [1.165, 1.54) is 18.4 Å². The van der Waals surface area contributed by atoms with E-state index >= 15 is 0 Å². The highest BCUT2D eigenvalue weighted by atomic mass is 16.5. The van der Waals surface area contributed by atoms with E-state index in [0.29, 0.717) is 12.6 Å². The van der Waals surface area contributed by atoms with Crippen molar-refractivity contribution in [3.8, 4) is 5.75 Å². The Kier molecular flexibility index (Phi) is 7.90. The number of unbranched alkanes of at least 4 members (excludes halogenated alkanes) is 1. The van der Waals surface area contributed by atoms with Crippen LogP contribution in [0, 0.1) is 0 Å². The number of benzene rings is 1. The minimum atomic E-state index is 0.447. The summed E-state index contributed by atoms with van der Waals surface area (Å²) in [6.07, 6.45) is 6.32. The molecule has 128 valence electrons. The fourth-order valence-corrected chi connectivity index (χ4v) is 2.69. The van der Waals surface area contributed by atoms with Crippen LogP contribution in [0.15, 0.2) is 29.4 Å². The number of nitrogens with zero attached hydrogens (tertiary/aromatic N) is 2. The van der Waals surface area contributed by atoms with Crippen molar-refractivity contribution in [3.63, 3.8) is 0 Å². The summed E-state index contributed by atoms with van der Waals surface area (Å²) >= 11 is 0. The van der Waals surface area contributed by atoms with Crippen LogP contribution in [-0.2, 0) is 16.1 Å². The Morgan fingerprint density at radius 3 is 2.83 bits per heavy atom. The quantitative estimate of drug-likeness (QED) is 0.491. The topological polar surface area (TPSA) is 43.3 Å². The lowest BCUT2D eigenvalue weighted by molar-refractivity contribution is 0.116. The molecule has 0 radical (unpaired) electrons. The van der Waals surface area contributed by atoms with Gasteiger partial charge in [-0.25, -0.2) is 0 Å². The van der Waals surface area contributed by atoms with Gasteiger partial charge in [0.1, 0.15) is 5.75 Å². The Morgan fingerprint density at radius 2 is 2.09 bits per heavy atom. The van der Waals surface area contributed by atoms with Gasteiger partial charge in [0, 0.05) is 26.5 Å². The highest BCUT2D eigenvalue weighted by Gasteiger charge is 2.22. The third kappa shape index (κ3) is 6.20. The lowest BCUT2D eigenvalue weighted by Crippen LogP contribution is -2.28. The molecule has 5 nitrogen and oxygen atoms in total. The molecule has 1 atom stereocenters. The molecule has 23 heavy (non-hydrogen) atoms. The van der Waals surface area contributed by atoms with E-state index in [9.17, 15) is 0 Å². The molecule has 1 aromatic carbocycles. The maximum atomic E-state index is 5.69. The molecule has 1 aliphatic rings. The minimum absolute atomic E-state index is 0.447. The van der Waals surface area contributed by atoms with Crippen molar-refractivity contribution in [1.82, 2.24) is 5.01 Å². The summed E-state index contributed by atoms with van der Waals surface area (Å²) in [5, 5.41) is 6.71. The van der Waals surface area contributed by atoms with E-state index in [1.807, 2.05) is 30.5 Å². The first kappa shape index (κ1) is 17.8. The van der Waals surface area contributed by atoms with Crippen LogP contribution in [0.25, 0.3) is 0 Å². The van der Waals surface area contributed by atoms with E-state index in [-0.39, 0.29) is 0 Å². The van der Waals surface area contributed by atoms with Crippen LogP contribution in [-0.4, -0.2) is 51.2 Å². The molecule has 0 bridgehead atoms. The third-order valence-electron chi connectivity index (χ3n) is 3.98. The van der Waals surface area contributed by atoms with Gasteiger partial charge in [0.15, 0.2) is 0 Å². The molecule has 1 aromatic rings. The highest BCUT2D eigenvalue weighted by molar-refractivity contribution is 5.56. The first-order chi connectivity index (χ1) is 11.3. The number of ether oxygens (including phenoxy) is 3. The van der Waals surface area contributed by atoms with E-state index in [0.717, 1.165) is 38.3 Å². The standard InChI is InChI=1S/C18H28N2O3/c1-21-15-17-6-5-12-20(17)19-11-3-4-13-23-14-16-7-9-18(22-2)10-8-16/h7-11,17H,3-6,12-15H2,1-2H3/b19-11+/t17-/m0/s1. The fraction of sp³-hybridized carbons (Fsp3) is 0.611. The van der Waals surface area contributed by atoms with Gasteiger partial charge in [-0.15, -0.1) is 0 Å². The van der Waals surface area contributed by atoms with Crippen LogP contribution in [0.2, 0.25) is 0 Å². The summed E-state index contributed by atoms with van der Waals surface area (Å²) in [5.41, 5.74) is 1.17. The molecule has 1 heterocycles. The van der Waals surface area contributed by atoms with Gasteiger partial charge < -0.3 is 14.2 Å². The van der Waals surface area contributed by atoms with E-state index in [1.54, 1.807) is 14.2 Å². The van der Waals surface area contributed by atoms with Gasteiger partial charge in [0.2, 0.25) is 0 Å². The van der Waals surface area contributed by atoms with Crippen molar-refractivity contribution >= 4 is 6.21 Å². The molecule has 0 aromatic heterocycles. The van der Waals surface area contributed by atoms with E-state index < -0.39 is 0 Å². The van der Waals surface area contributed by atoms with Crippen LogP contribution >= 0.6 is 0 Å². The molecule has 5 heteroatoms. The summed E-state index contributed by atoms with van der Waals surface area (Å²) in [4.78, 5) is 0. The van der Waals surface area contributed by atoms with Crippen molar-refractivity contribution in [2.75, 3.05) is 34.0 Å². The van der Waals surface area contributed by atoms with Crippen LogP contribution in [0.3, 0.4) is 0 Å². The molecule has 2 rings (SSSR count). The Morgan fingerprint density at radius 1 is 1.26 bits per heavy atom. The van der Waals surface area contributed by atoms with Crippen LogP contribution in [0.1, 0.15) is 31.2 Å². The summed E-state index contributed by atoms with van der Waals surface area (Å²) < 4.78 is 16.1. The normalized spacial score (nSPS) is 18.0. The highest BCUT2D eigenvalue weighted by Crippen LogP contribution is 2.17. The SMILES string of the molecule is COC[C@@H]1CCCN1/N=C/CCCOCc1ccc(OC)cc1. The third-order valence-corrected chi connectivity index (χ3v) is 3.98. The van der Waals surface area contributed by atoms with Crippen molar-refractivity contribution in [2.45, 2.75) is 38.3 Å². The summed E-state index contributed by atoms with van der Waals surface area (Å²) in [7, 11) is 3.42. The van der Waals surface area contributed by atoms with Crippen LogP contribution < -0.4 is 4.74 Å². The van der Waals surface area contributed by atoms with Gasteiger partial charge in [0.25, 0.3) is 0 Å². The average Bonchev–Trinajstić information content (AvgIpc) is 3.02. The van der Waals surface area contributed by atoms with Gasteiger partial charge >= 0.3 is 0 Å². The van der Waals surface area contributed by atoms with Gasteiger partial charge in [-0.1, -0.05) is 12.1 Å².